The van der Waals surface area contributed by atoms with E-state index in [0.29, 0.717) is 0 Å². The fraction of sp³-hybridized carbons (Fsp3) is 0.318. The smallest absolute Gasteiger partial charge is 0.238 e. The molecule has 2 aromatic carbocycles. The van der Waals surface area contributed by atoms with Crippen LogP contribution in [0, 0.1) is 0 Å². The lowest BCUT2D eigenvalue weighted by Crippen LogP contribution is -2.58. The molecule has 2 unspecified atom stereocenters. The Morgan fingerprint density at radius 3 is 2.36 bits per heavy atom. The van der Waals surface area contributed by atoms with Crippen LogP contribution in [0.3, 0.4) is 0 Å². The third kappa shape index (κ3) is 3.91. The third-order valence-corrected chi connectivity index (χ3v) is 5.43. The molecule has 0 amide bonds. The molecule has 0 aliphatic carbocycles. The molecule has 0 spiro atoms. The highest BCUT2D eigenvalue weighted by molar-refractivity contribution is 5.88. The summed E-state index contributed by atoms with van der Waals surface area (Å²) in [5.41, 5.74) is -0.860. The predicted octanol–water partition coefficient (Wildman–Crippen LogP) is 0.792. The summed E-state index contributed by atoms with van der Waals surface area (Å²) in [6.07, 6.45) is -6.69. The molecule has 1 fully saturated rings. The van der Waals surface area contributed by atoms with Gasteiger partial charge in [-0.1, -0.05) is 0 Å². The average molecular weight is 462 g/mol. The summed E-state index contributed by atoms with van der Waals surface area (Å²) >= 11 is 0. The minimum Gasteiger partial charge on any atom is -0.507 e. The number of ether oxygens (including phenoxy) is 3. The number of phenolic OH excluding ortho intramolecular Hbond substituents is 2. The van der Waals surface area contributed by atoms with Gasteiger partial charge in [-0.2, -0.15) is 0 Å². The van der Waals surface area contributed by atoms with E-state index in [1.807, 2.05) is 0 Å². The van der Waals surface area contributed by atoms with Gasteiger partial charge in [-0.25, -0.2) is 0 Å². The summed E-state index contributed by atoms with van der Waals surface area (Å²) in [6.45, 7) is 1.48. The first-order chi connectivity index (χ1) is 15.6. The number of fused-ring (bicyclic) bond motifs is 1. The minimum absolute atomic E-state index is 0.0767. The standard InChI is InChI=1S/C22H22O11/c1-8-16(25)18(27)20(29)22(31-8)32-10-6-12(24)15-14(7-10)33-21(19(28)17(15)26)9-3-4-11(23)13(5-9)30-2/h3-8,16,18,20,22-25,27-29H,1-2H3/t8?,16-,18-,20?,22-/m0/s1. The van der Waals surface area contributed by atoms with E-state index in [0.717, 1.165) is 6.07 Å². The second kappa shape index (κ2) is 8.45. The van der Waals surface area contributed by atoms with Crippen LogP contribution >= 0.6 is 0 Å². The van der Waals surface area contributed by atoms with Crippen molar-refractivity contribution in [1.82, 2.24) is 0 Å². The van der Waals surface area contributed by atoms with Gasteiger partial charge in [-0.15, -0.1) is 0 Å². The fourth-order valence-electron chi connectivity index (χ4n) is 3.59. The van der Waals surface area contributed by atoms with E-state index in [4.69, 9.17) is 18.6 Å². The molecule has 0 radical (unpaired) electrons. The molecule has 5 atom stereocenters. The number of hydrogen-bond donors (Lipinski definition) is 6. The van der Waals surface area contributed by atoms with Crippen molar-refractivity contribution in [3.8, 4) is 40.1 Å². The van der Waals surface area contributed by atoms with Crippen molar-refractivity contribution in [1.29, 1.82) is 0 Å². The lowest BCUT2D eigenvalue weighted by atomic mass is 10.00. The molecule has 11 nitrogen and oxygen atoms in total. The highest BCUT2D eigenvalue weighted by Crippen LogP contribution is 2.38. The summed E-state index contributed by atoms with van der Waals surface area (Å²) in [4.78, 5) is 12.7. The van der Waals surface area contributed by atoms with Crippen LogP contribution in [0.1, 0.15) is 6.92 Å². The van der Waals surface area contributed by atoms with Crippen molar-refractivity contribution >= 4 is 11.0 Å². The van der Waals surface area contributed by atoms with Crippen molar-refractivity contribution in [2.45, 2.75) is 37.6 Å². The number of phenols is 2. The summed E-state index contributed by atoms with van der Waals surface area (Å²) in [6, 6.07) is 6.31. The van der Waals surface area contributed by atoms with Crippen LogP contribution in [0.4, 0.5) is 0 Å². The number of hydrogen-bond acceptors (Lipinski definition) is 11. The summed E-state index contributed by atoms with van der Waals surface area (Å²) in [5, 5.41) is 60.2. The van der Waals surface area contributed by atoms with Crippen LogP contribution in [-0.4, -0.2) is 68.5 Å². The Hall–Kier alpha value is -3.51. The number of methoxy groups -OCH3 is 1. The van der Waals surface area contributed by atoms with Gasteiger partial charge in [-0.3, -0.25) is 4.79 Å². The van der Waals surface area contributed by atoms with Crippen LogP contribution in [0.25, 0.3) is 22.3 Å². The van der Waals surface area contributed by atoms with Crippen molar-refractivity contribution in [2.75, 3.05) is 7.11 Å². The van der Waals surface area contributed by atoms with Gasteiger partial charge in [0, 0.05) is 17.7 Å². The zero-order valence-electron chi connectivity index (χ0n) is 17.5. The molecular weight excluding hydrogens is 440 g/mol. The molecule has 1 saturated heterocycles. The highest BCUT2D eigenvalue weighted by Gasteiger charge is 2.43. The lowest BCUT2D eigenvalue weighted by Gasteiger charge is -2.38. The normalized spacial score (nSPS) is 25.2. The van der Waals surface area contributed by atoms with Crippen molar-refractivity contribution in [2.24, 2.45) is 0 Å². The molecule has 4 rings (SSSR count). The van der Waals surface area contributed by atoms with Gasteiger partial charge < -0.3 is 49.3 Å². The van der Waals surface area contributed by atoms with Crippen LogP contribution in [-0.2, 0) is 4.74 Å². The van der Waals surface area contributed by atoms with Gasteiger partial charge >= 0.3 is 0 Å². The molecule has 0 bridgehead atoms. The van der Waals surface area contributed by atoms with E-state index in [2.05, 4.69) is 0 Å². The van der Waals surface area contributed by atoms with E-state index < -0.39 is 47.6 Å². The minimum atomic E-state index is -1.60. The second-order valence-electron chi connectivity index (χ2n) is 7.61. The highest BCUT2D eigenvalue weighted by atomic mass is 16.7. The van der Waals surface area contributed by atoms with E-state index >= 15 is 0 Å². The molecule has 176 valence electrons. The van der Waals surface area contributed by atoms with E-state index in [1.165, 1.54) is 38.3 Å². The maximum Gasteiger partial charge on any atom is 0.238 e. The van der Waals surface area contributed by atoms with Crippen molar-refractivity contribution in [3.63, 3.8) is 0 Å². The van der Waals surface area contributed by atoms with Gasteiger partial charge in [0.25, 0.3) is 0 Å². The van der Waals surface area contributed by atoms with Gasteiger partial charge in [0.2, 0.25) is 17.5 Å². The Morgan fingerprint density at radius 2 is 1.67 bits per heavy atom. The number of rotatable bonds is 4. The molecule has 3 aromatic rings. The zero-order valence-corrected chi connectivity index (χ0v) is 17.5. The van der Waals surface area contributed by atoms with E-state index in [9.17, 15) is 35.4 Å². The molecule has 33 heavy (non-hydrogen) atoms. The SMILES string of the molecule is COc1cc(-c2oc3cc(O[C@@H]4OC(C)[C@H](O)[C@H](O)C4O)cc(O)c3c(=O)c2O)ccc1O. The molecule has 2 heterocycles. The Bertz CT molecular complexity index is 1250. The topological polar surface area (TPSA) is 179 Å². The predicted molar refractivity (Wildman–Crippen MR) is 112 cm³/mol. The summed E-state index contributed by atoms with van der Waals surface area (Å²) < 4.78 is 21.6. The monoisotopic (exact) mass is 462 g/mol. The first-order valence-electron chi connectivity index (χ1n) is 9.88. The number of aliphatic hydroxyl groups excluding tert-OH is 3. The maximum absolute atomic E-state index is 12.7. The molecule has 1 aliphatic rings. The largest absolute Gasteiger partial charge is 0.507 e. The fourth-order valence-corrected chi connectivity index (χ4v) is 3.59. The average Bonchev–Trinajstić information content (AvgIpc) is 2.78. The van der Waals surface area contributed by atoms with Gasteiger partial charge in [0.15, 0.2) is 17.3 Å². The van der Waals surface area contributed by atoms with Gasteiger partial charge in [-0.05, 0) is 25.1 Å². The number of aliphatic hydroxyl groups is 3. The van der Waals surface area contributed by atoms with Crippen LogP contribution in [0.15, 0.2) is 39.5 Å². The summed E-state index contributed by atoms with van der Waals surface area (Å²) in [5.74, 6) is -1.75. The Morgan fingerprint density at radius 1 is 0.939 bits per heavy atom. The molecular formula is C22H22O11. The Kier molecular flexibility index (Phi) is 5.80. The molecule has 6 N–H and O–H groups in total. The maximum atomic E-state index is 12.7. The lowest BCUT2D eigenvalue weighted by molar-refractivity contribution is -0.268. The number of benzene rings is 2. The van der Waals surface area contributed by atoms with Gasteiger partial charge in [0.1, 0.15) is 40.8 Å². The molecule has 11 heteroatoms. The third-order valence-electron chi connectivity index (χ3n) is 5.43. The van der Waals surface area contributed by atoms with E-state index in [1.54, 1.807) is 0 Å². The van der Waals surface area contributed by atoms with Crippen LogP contribution in [0.5, 0.6) is 28.7 Å². The van der Waals surface area contributed by atoms with Gasteiger partial charge in [0.05, 0.1) is 13.2 Å². The Labute approximate surface area is 186 Å². The quantitative estimate of drug-likeness (QED) is 0.323. The summed E-state index contributed by atoms with van der Waals surface area (Å²) in [7, 11) is 1.33. The van der Waals surface area contributed by atoms with Crippen molar-refractivity contribution in [3.05, 3.63) is 40.6 Å². The van der Waals surface area contributed by atoms with Crippen LogP contribution in [0.2, 0.25) is 0 Å². The second-order valence-corrected chi connectivity index (χ2v) is 7.61. The van der Waals surface area contributed by atoms with Crippen LogP contribution < -0.4 is 14.9 Å². The first-order valence-corrected chi connectivity index (χ1v) is 9.88. The zero-order chi connectivity index (χ0) is 24.0. The first kappa shape index (κ1) is 22.7. The van der Waals surface area contributed by atoms with Crippen molar-refractivity contribution < 1.29 is 49.3 Å². The number of aromatic hydroxyl groups is 3. The Balaban J connectivity index is 1.78. The molecule has 1 aliphatic heterocycles. The van der Waals surface area contributed by atoms with E-state index in [-0.39, 0.29) is 39.5 Å². The molecule has 0 saturated carbocycles. The molecule has 1 aromatic heterocycles.